The van der Waals surface area contributed by atoms with Crippen molar-refractivity contribution in [2.24, 2.45) is 0 Å². The zero-order chi connectivity index (χ0) is 30.2. The molecule has 3 heterocycles. The Hall–Kier alpha value is -3.87. The van der Waals surface area contributed by atoms with Gasteiger partial charge in [-0.25, -0.2) is 9.37 Å². The molecule has 10 nitrogen and oxygen atoms in total. The van der Waals surface area contributed by atoms with Crippen molar-refractivity contribution in [1.82, 2.24) is 9.88 Å². The average Bonchev–Trinajstić information content (AvgIpc) is 3.65. The number of nitrogens with one attached hydrogen (secondary N) is 1. The Labute approximate surface area is 253 Å². The lowest BCUT2D eigenvalue weighted by atomic mass is 10.0. The van der Waals surface area contributed by atoms with Gasteiger partial charge < -0.3 is 19.2 Å². The van der Waals surface area contributed by atoms with Crippen molar-refractivity contribution in [3.8, 4) is 5.75 Å². The Bertz CT molecular complexity index is 1420. The molecule has 3 aromatic rings. The quantitative estimate of drug-likeness (QED) is 0.142. The molecule has 2 unspecified atom stereocenters. The minimum Gasteiger partial charge on any atom is -0.465 e. The van der Waals surface area contributed by atoms with Crippen molar-refractivity contribution in [3.63, 3.8) is 0 Å². The number of unbranched alkanes of at least 4 members (excludes halogenated alkanes) is 1. The highest BCUT2D eigenvalue weighted by Crippen LogP contribution is 2.40. The summed E-state index contributed by atoms with van der Waals surface area (Å²) in [5.74, 6) is -1.25. The summed E-state index contributed by atoms with van der Waals surface area (Å²) >= 11 is 1.23. The number of anilines is 2. The third-order valence-corrected chi connectivity index (χ3v) is 8.01. The molecule has 43 heavy (non-hydrogen) atoms. The lowest BCUT2D eigenvalue weighted by Crippen LogP contribution is -2.38. The fourth-order valence-electron chi connectivity index (χ4n) is 5.24. The summed E-state index contributed by atoms with van der Waals surface area (Å²) in [5.41, 5.74) is 1.98. The van der Waals surface area contributed by atoms with Gasteiger partial charge in [0.1, 0.15) is 23.9 Å². The van der Waals surface area contributed by atoms with Crippen LogP contribution in [-0.4, -0.2) is 54.0 Å². The second kappa shape index (κ2) is 14.5. The molecule has 2 amide bonds. The Morgan fingerprint density at radius 1 is 1.33 bits per heavy atom. The number of hydroxylamine groups is 1. The van der Waals surface area contributed by atoms with Crippen molar-refractivity contribution in [3.05, 3.63) is 70.5 Å². The maximum Gasteiger partial charge on any atom is 0.255 e. The van der Waals surface area contributed by atoms with E-state index in [1.54, 1.807) is 28.8 Å². The van der Waals surface area contributed by atoms with Crippen molar-refractivity contribution < 1.29 is 33.1 Å². The van der Waals surface area contributed by atoms with Gasteiger partial charge in [-0.2, -0.15) is 0 Å². The summed E-state index contributed by atoms with van der Waals surface area (Å²) in [7, 11) is 0. The van der Waals surface area contributed by atoms with Crippen LogP contribution in [0.25, 0.3) is 0 Å². The van der Waals surface area contributed by atoms with Gasteiger partial charge >= 0.3 is 0 Å². The van der Waals surface area contributed by atoms with E-state index < -0.39 is 24.1 Å². The summed E-state index contributed by atoms with van der Waals surface area (Å²) < 4.78 is 26.8. The Kier molecular flexibility index (Phi) is 10.3. The fourth-order valence-corrected chi connectivity index (χ4v) is 5.78. The van der Waals surface area contributed by atoms with Crippen LogP contribution in [-0.2, 0) is 25.7 Å². The molecule has 1 N–H and O–H groups in total. The first-order chi connectivity index (χ1) is 21.0. The predicted molar refractivity (Wildman–Crippen MR) is 159 cm³/mol. The molecular formula is C31H35FN4O6S. The molecule has 2 aliphatic rings. The number of rotatable bonds is 14. The number of thiazole rings is 1. The normalized spacial score (nSPS) is 16.9. The third kappa shape index (κ3) is 7.20. The summed E-state index contributed by atoms with van der Waals surface area (Å²) in [6, 6.07) is 8.05. The molecular weight excluding hydrogens is 575 g/mol. The molecule has 0 bridgehead atoms. The van der Waals surface area contributed by atoms with E-state index in [9.17, 15) is 18.8 Å². The van der Waals surface area contributed by atoms with Gasteiger partial charge in [-0.05, 0) is 49.6 Å². The summed E-state index contributed by atoms with van der Waals surface area (Å²) in [4.78, 5) is 50.5. The number of fused-ring (bicyclic) bond motifs is 1. The Morgan fingerprint density at radius 2 is 2.21 bits per heavy atom. The van der Waals surface area contributed by atoms with Crippen LogP contribution in [0.1, 0.15) is 73.0 Å². The third-order valence-electron chi connectivity index (χ3n) is 7.32. The molecule has 5 rings (SSSR count). The molecule has 12 heteroatoms. The van der Waals surface area contributed by atoms with Crippen molar-refractivity contribution in [2.75, 3.05) is 30.1 Å². The zero-order valence-corrected chi connectivity index (χ0v) is 24.8. The number of nitrogens with zero attached hydrogens (tertiary/aromatic N) is 3. The monoisotopic (exact) mass is 610 g/mol. The van der Waals surface area contributed by atoms with E-state index in [0.29, 0.717) is 41.5 Å². The molecule has 1 saturated heterocycles. The number of hydrogen-bond donors (Lipinski definition) is 1. The van der Waals surface area contributed by atoms with Crippen molar-refractivity contribution >= 4 is 40.3 Å². The van der Waals surface area contributed by atoms with E-state index in [4.69, 9.17) is 14.3 Å². The second-order valence-electron chi connectivity index (χ2n) is 10.3. The van der Waals surface area contributed by atoms with Crippen LogP contribution in [0, 0.1) is 5.82 Å². The number of amides is 2. The maximum absolute atomic E-state index is 14.8. The number of carbonyl (C=O) groups excluding carboxylic acids is 3. The highest BCUT2D eigenvalue weighted by molar-refractivity contribution is 7.13. The number of halogens is 1. The van der Waals surface area contributed by atoms with Crippen LogP contribution in [0.2, 0.25) is 0 Å². The number of aromatic nitrogens is 1. The number of carbonyl (C=O) groups is 3. The molecule has 0 saturated carbocycles. The van der Waals surface area contributed by atoms with Crippen molar-refractivity contribution in [2.45, 2.75) is 64.3 Å². The van der Waals surface area contributed by atoms with E-state index >= 15 is 0 Å². The molecule has 2 atom stereocenters. The van der Waals surface area contributed by atoms with E-state index in [2.05, 4.69) is 17.2 Å². The molecule has 228 valence electrons. The summed E-state index contributed by atoms with van der Waals surface area (Å²) in [5, 5.41) is 6.58. The molecule has 0 spiro atoms. The average molecular weight is 611 g/mol. The van der Waals surface area contributed by atoms with E-state index in [0.717, 1.165) is 32.0 Å². The lowest BCUT2D eigenvalue weighted by molar-refractivity contribution is -0.121. The molecule has 0 aliphatic carbocycles. The minimum atomic E-state index is -1.24. The van der Waals surface area contributed by atoms with Gasteiger partial charge in [0.2, 0.25) is 0 Å². The SMILES string of the molecule is CCCCN(OCCC=O)c1cccc2c1CN(C(C(=O)Nc1nccs1)c1cc(F)ccc1OC1CCCCO1)C2=O. The maximum atomic E-state index is 14.8. The number of ether oxygens (including phenoxy) is 2. The summed E-state index contributed by atoms with van der Waals surface area (Å²) in [6.07, 6.45) is 6.28. The van der Waals surface area contributed by atoms with Gasteiger partial charge in [0.25, 0.3) is 11.8 Å². The first-order valence-electron chi connectivity index (χ1n) is 14.5. The van der Waals surface area contributed by atoms with Crippen LogP contribution < -0.4 is 15.1 Å². The lowest BCUT2D eigenvalue weighted by Gasteiger charge is -2.30. The topological polar surface area (TPSA) is 110 Å². The highest BCUT2D eigenvalue weighted by Gasteiger charge is 2.41. The molecule has 0 radical (unpaired) electrons. The van der Waals surface area contributed by atoms with Gasteiger partial charge in [-0.3, -0.25) is 24.8 Å². The highest BCUT2D eigenvalue weighted by atomic mass is 32.1. The van der Waals surface area contributed by atoms with Crippen molar-refractivity contribution in [1.29, 1.82) is 0 Å². The second-order valence-corrected chi connectivity index (χ2v) is 11.2. The van der Waals surface area contributed by atoms with Crippen LogP contribution >= 0.6 is 11.3 Å². The summed E-state index contributed by atoms with van der Waals surface area (Å²) in [6.45, 7) is 3.42. The Morgan fingerprint density at radius 3 is 2.95 bits per heavy atom. The van der Waals surface area contributed by atoms with E-state index in [-0.39, 0.29) is 36.8 Å². The first kappa shape index (κ1) is 30.6. The molecule has 2 aliphatic heterocycles. The smallest absolute Gasteiger partial charge is 0.255 e. The minimum absolute atomic E-state index is 0.0653. The van der Waals surface area contributed by atoms with Gasteiger partial charge in [0.05, 0.1) is 25.4 Å². The van der Waals surface area contributed by atoms with E-state index in [1.807, 2.05) is 6.07 Å². The first-order valence-corrected chi connectivity index (χ1v) is 15.4. The van der Waals surface area contributed by atoms with E-state index in [1.165, 1.54) is 34.4 Å². The number of aldehydes is 1. The standard InChI is InChI=1S/C31H35FN4O6S/c1-2-3-14-36(41-17-7-15-37)25-9-6-8-22-24(25)20-35(30(22)39)28(29(38)34-31-33-13-18-43-31)23-19-21(32)11-12-26(23)42-27-10-4-5-16-40-27/h6,8-9,11-13,15,18-19,27-28H,2-5,7,10,14,16-17,20H2,1H3,(H,33,34,38). The number of hydrogen-bond acceptors (Lipinski definition) is 9. The zero-order valence-electron chi connectivity index (χ0n) is 24.0. The fraction of sp³-hybridized carbons (Fsp3) is 0.419. The van der Waals surface area contributed by atoms with Crippen LogP contribution in [0.15, 0.2) is 48.0 Å². The van der Waals surface area contributed by atoms with Gasteiger partial charge in [0.15, 0.2) is 11.4 Å². The van der Waals surface area contributed by atoms with Gasteiger partial charge in [-0.1, -0.05) is 19.4 Å². The van der Waals surface area contributed by atoms with Gasteiger partial charge in [0, 0.05) is 47.7 Å². The Balaban J connectivity index is 1.52. The van der Waals surface area contributed by atoms with Gasteiger partial charge in [-0.15, -0.1) is 11.3 Å². The predicted octanol–water partition coefficient (Wildman–Crippen LogP) is 5.65. The molecule has 2 aromatic carbocycles. The molecule has 1 aromatic heterocycles. The largest absolute Gasteiger partial charge is 0.465 e. The van der Waals surface area contributed by atoms with Crippen LogP contribution in [0.5, 0.6) is 5.75 Å². The molecule has 1 fully saturated rings. The van der Waals surface area contributed by atoms with Crippen LogP contribution in [0.3, 0.4) is 0 Å². The number of benzene rings is 2. The van der Waals surface area contributed by atoms with Crippen LogP contribution in [0.4, 0.5) is 15.2 Å².